The Morgan fingerprint density at radius 3 is 1.92 bits per heavy atom. The standard InChI is InChI=1S/C20H14O5.K/c21-11-5-7-15-17(9-11)25-18-10-12(22)6-8-16(18)19(15)13-3-1-2-4-14(13)20(23)24;/h1-10,19,21-22H,(H,23,24);/q;+1/p-1. The van der Waals surface area contributed by atoms with Gasteiger partial charge in [-0.25, -0.2) is 0 Å². The van der Waals surface area contributed by atoms with Crippen LogP contribution in [0.2, 0.25) is 0 Å². The molecule has 26 heavy (non-hydrogen) atoms. The van der Waals surface area contributed by atoms with Gasteiger partial charge < -0.3 is 24.9 Å². The van der Waals surface area contributed by atoms with Crippen LogP contribution in [0, 0.1) is 0 Å². The Hall–Kier alpha value is -1.83. The van der Waals surface area contributed by atoms with Gasteiger partial charge in [-0.05, 0) is 17.7 Å². The van der Waals surface area contributed by atoms with Crippen molar-refractivity contribution in [3.05, 3.63) is 82.9 Å². The van der Waals surface area contributed by atoms with Gasteiger partial charge in [-0.1, -0.05) is 36.4 Å². The third kappa shape index (κ3) is 3.26. The monoisotopic (exact) mass is 372 g/mol. The summed E-state index contributed by atoms with van der Waals surface area (Å²) in [5.74, 6) is -0.784. The molecule has 6 heteroatoms. The maximum Gasteiger partial charge on any atom is 1.00 e. The summed E-state index contributed by atoms with van der Waals surface area (Å²) in [7, 11) is 0. The van der Waals surface area contributed by atoms with Crippen LogP contribution in [0.1, 0.15) is 33.0 Å². The molecule has 0 unspecified atom stereocenters. The average Bonchev–Trinajstić information content (AvgIpc) is 2.59. The van der Waals surface area contributed by atoms with E-state index in [0.29, 0.717) is 17.1 Å². The molecule has 1 aliphatic rings. The van der Waals surface area contributed by atoms with E-state index >= 15 is 0 Å². The summed E-state index contributed by atoms with van der Waals surface area (Å²) in [6.07, 6.45) is 0. The number of benzene rings is 3. The molecule has 124 valence electrons. The van der Waals surface area contributed by atoms with Gasteiger partial charge in [0.05, 0.1) is 5.97 Å². The van der Waals surface area contributed by atoms with E-state index in [9.17, 15) is 20.1 Å². The molecule has 0 aliphatic carbocycles. The molecule has 0 radical (unpaired) electrons. The van der Waals surface area contributed by atoms with Gasteiger partial charge in [0.2, 0.25) is 0 Å². The molecular formula is C20H13KO5. The molecule has 0 bridgehead atoms. The molecule has 0 saturated heterocycles. The Balaban J connectivity index is 0.00000196. The second-order valence-electron chi connectivity index (χ2n) is 5.85. The van der Waals surface area contributed by atoms with Crippen LogP contribution >= 0.6 is 0 Å². The first-order valence-corrected chi connectivity index (χ1v) is 7.68. The van der Waals surface area contributed by atoms with E-state index in [1.54, 1.807) is 30.3 Å². The predicted molar refractivity (Wildman–Crippen MR) is 88.0 cm³/mol. The minimum absolute atomic E-state index is 0. The maximum atomic E-state index is 11.6. The Morgan fingerprint density at radius 2 is 1.38 bits per heavy atom. The van der Waals surface area contributed by atoms with Crippen LogP contribution in [0.15, 0.2) is 60.7 Å². The summed E-state index contributed by atoms with van der Waals surface area (Å²) >= 11 is 0. The van der Waals surface area contributed by atoms with E-state index in [1.807, 2.05) is 0 Å². The summed E-state index contributed by atoms with van der Waals surface area (Å²) in [4.78, 5) is 11.6. The molecule has 4 rings (SSSR count). The van der Waals surface area contributed by atoms with Crippen molar-refractivity contribution in [3.63, 3.8) is 0 Å². The zero-order valence-electron chi connectivity index (χ0n) is 14.0. The number of hydrogen-bond acceptors (Lipinski definition) is 5. The Morgan fingerprint density at radius 1 is 0.846 bits per heavy atom. The molecule has 0 amide bonds. The van der Waals surface area contributed by atoms with Gasteiger partial charge >= 0.3 is 51.4 Å². The fourth-order valence-corrected chi connectivity index (χ4v) is 3.26. The molecule has 0 fully saturated rings. The van der Waals surface area contributed by atoms with Gasteiger partial charge in [-0.3, -0.25) is 0 Å². The van der Waals surface area contributed by atoms with E-state index in [1.165, 1.54) is 30.3 Å². The molecule has 1 aliphatic heterocycles. The number of aromatic hydroxyl groups is 2. The molecule has 0 saturated carbocycles. The van der Waals surface area contributed by atoms with Gasteiger partial charge in [0.25, 0.3) is 0 Å². The zero-order valence-corrected chi connectivity index (χ0v) is 17.1. The number of carbonyl (C=O) groups excluding carboxylic acids is 1. The van der Waals surface area contributed by atoms with Crippen molar-refractivity contribution in [2.45, 2.75) is 5.92 Å². The first-order chi connectivity index (χ1) is 12.0. The van der Waals surface area contributed by atoms with Crippen LogP contribution in [-0.2, 0) is 0 Å². The number of fused-ring (bicyclic) bond motifs is 2. The smallest absolute Gasteiger partial charge is 0.545 e. The number of aromatic carboxylic acids is 1. The minimum atomic E-state index is -1.26. The molecule has 1 heterocycles. The van der Waals surface area contributed by atoms with Crippen LogP contribution in [0.4, 0.5) is 0 Å². The summed E-state index contributed by atoms with van der Waals surface area (Å²) in [6.45, 7) is 0. The molecule has 3 aromatic carbocycles. The first kappa shape index (κ1) is 18.9. The third-order valence-electron chi connectivity index (χ3n) is 4.33. The molecular weight excluding hydrogens is 359 g/mol. The number of rotatable bonds is 2. The van der Waals surface area contributed by atoms with Crippen molar-refractivity contribution < 1.29 is 76.2 Å². The summed E-state index contributed by atoms with van der Waals surface area (Å²) < 4.78 is 5.81. The quantitative estimate of drug-likeness (QED) is 0.474. The first-order valence-electron chi connectivity index (χ1n) is 7.68. The van der Waals surface area contributed by atoms with E-state index in [-0.39, 0.29) is 68.4 Å². The van der Waals surface area contributed by atoms with E-state index in [4.69, 9.17) is 4.74 Å². The van der Waals surface area contributed by atoms with Crippen LogP contribution in [0.3, 0.4) is 0 Å². The van der Waals surface area contributed by atoms with Crippen LogP contribution < -0.4 is 61.2 Å². The van der Waals surface area contributed by atoms with Crippen molar-refractivity contribution in [1.29, 1.82) is 0 Å². The van der Waals surface area contributed by atoms with E-state index in [2.05, 4.69) is 0 Å². The van der Waals surface area contributed by atoms with E-state index in [0.717, 1.165) is 11.1 Å². The van der Waals surface area contributed by atoms with E-state index < -0.39 is 11.9 Å². The van der Waals surface area contributed by atoms with Crippen LogP contribution in [0.25, 0.3) is 0 Å². The number of carboxylic acid groups (broad SMARTS) is 1. The van der Waals surface area contributed by atoms with Crippen molar-refractivity contribution in [1.82, 2.24) is 0 Å². The Kier molecular flexibility index (Phi) is 5.41. The summed E-state index contributed by atoms with van der Waals surface area (Å²) in [5, 5.41) is 31.1. The second-order valence-corrected chi connectivity index (χ2v) is 5.85. The van der Waals surface area contributed by atoms with Crippen LogP contribution in [-0.4, -0.2) is 16.2 Å². The van der Waals surface area contributed by atoms with Crippen molar-refractivity contribution in [2.75, 3.05) is 0 Å². The fourth-order valence-electron chi connectivity index (χ4n) is 3.26. The molecule has 3 aromatic rings. The normalized spacial score (nSPS) is 12.3. The van der Waals surface area contributed by atoms with Crippen molar-refractivity contribution in [3.8, 4) is 23.0 Å². The van der Waals surface area contributed by atoms with Crippen molar-refractivity contribution >= 4 is 5.97 Å². The minimum Gasteiger partial charge on any atom is -0.545 e. The number of hydrogen-bond donors (Lipinski definition) is 2. The third-order valence-corrected chi connectivity index (χ3v) is 4.33. The number of carbonyl (C=O) groups is 1. The second kappa shape index (κ2) is 7.42. The fraction of sp³-hybridized carbons (Fsp3) is 0.0500. The molecule has 2 N–H and O–H groups in total. The van der Waals surface area contributed by atoms with Gasteiger partial charge in [-0.2, -0.15) is 0 Å². The summed E-state index contributed by atoms with van der Waals surface area (Å²) in [6, 6.07) is 16.0. The largest absolute Gasteiger partial charge is 1.00 e. The number of phenolic OH excluding ortho intramolecular Hbond substituents is 2. The number of phenols is 2. The van der Waals surface area contributed by atoms with Crippen LogP contribution in [0.5, 0.6) is 23.0 Å². The molecule has 5 nitrogen and oxygen atoms in total. The Labute approximate surface area is 192 Å². The number of ether oxygens (including phenoxy) is 1. The molecule has 0 spiro atoms. The van der Waals surface area contributed by atoms with Gasteiger partial charge in [0, 0.05) is 34.7 Å². The number of carboxylic acids is 1. The zero-order chi connectivity index (χ0) is 17.6. The molecule has 0 aromatic heterocycles. The predicted octanol–water partition coefficient (Wildman–Crippen LogP) is -0.249. The molecule has 0 atom stereocenters. The maximum absolute atomic E-state index is 11.6. The SMILES string of the molecule is O=C([O-])c1ccccc1C1c2ccc(O)cc2Oc2cc(O)ccc21.[K+]. The van der Waals surface area contributed by atoms with Gasteiger partial charge in [0.1, 0.15) is 23.0 Å². The van der Waals surface area contributed by atoms with Gasteiger partial charge in [0.15, 0.2) is 0 Å². The topological polar surface area (TPSA) is 89.8 Å². The Bertz CT molecular complexity index is 948. The van der Waals surface area contributed by atoms with Crippen molar-refractivity contribution in [2.24, 2.45) is 0 Å². The van der Waals surface area contributed by atoms with Gasteiger partial charge in [-0.15, -0.1) is 0 Å². The summed E-state index contributed by atoms with van der Waals surface area (Å²) in [5.41, 5.74) is 2.10. The average molecular weight is 372 g/mol.